The van der Waals surface area contributed by atoms with Gasteiger partial charge in [-0.3, -0.25) is 14.5 Å². The van der Waals surface area contributed by atoms with Gasteiger partial charge in [0.1, 0.15) is 0 Å². The van der Waals surface area contributed by atoms with Crippen molar-refractivity contribution in [2.45, 2.75) is 142 Å². The van der Waals surface area contributed by atoms with Gasteiger partial charge in [-0.2, -0.15) is 0 Å². The van der Waals surface area contributed by atoms with Crippen LogP contribution in [0.25, 0.3) is 0 Å². The van der Waals surface area contributed by atoms with Crippen LogP contribution in [0.1, 0.15) is 142 Å². The summed E-state index contributed by atoms with van der Waals surface area (Å²) in [7, 11) is 0. The summed E-state index contributed by atoms with van der Waals surface area (Å²) in [6.45, 7) is 4.16. The van der Waals surface area contributed by atoms with Crippen molar-refractivity contribution in [2.24, 2.45) is 0 Å². The summed E-state index contributed by atoms with van der Waals surface area (Å²) in [4.78, 5) is 24.2. The Labute approximate surface area is 198 Å². The molecule has 1 aliphatic heterocycles. The molecule has 32 heavy (non-hydrogen) atoms. The predicted molar refractivity (Wildman–Crippen MR) is 134 cm³/mol. The number of unbranched alkanes of at least 4 members (excludes halogenated alkanes) is 17. The number of ether oxygens (including phenoxy) is 1. The molecular formula is C28H51NO3. The lowest BCUT2D eigenvalue weighted by atomic mass is 10.1. The number of hydrogen-bond acceptors (Lipinski definition) is 3. The topological polar surface area (TPSA) is 46.6 Å². The molecule has 1 rings (SSSR count). The van der Waals surface area contributed by atoms with Crippen LogP contribution < -0.4 is 0 Å². The van der Waals surface area contributed by atoms with Gasteiger partial charge in [-0.25, -0.2) is 0 Å². The van der Waals surface area contributed by atoms with Gasteiger partial charge >= 0.3 is 0 Å². The van der Waals surface area contributed by atoms with Gasteiger partial charge in [0.2, 0.25) is 11.8 Å². The smallest absolute Gasteiger partial charge is 0.233 e. The number of rotatable bonds is 23. The number of carbonyl (C=O) groups excluding carboxylic acids is 2. The van der Waals surface area contributed by atoms with E-state index in [9.17, 15) is 9.59 Å². The van der Waals surface area contributed by atoms with Crippen LogP contribution in [-0.2, 0) is 14.3 Å². The minimum Gasteiger partial charge on any atom is -0.381 e. The van der Waals surface area contributed by atoms with Crippen molar-refractivity contribution in [1.29, 1.82) is 0 Å². The highest BCUT2D eigenvalue weighted by Crippen LogP contribution is 2.14. The Kier molecular flexibility index (Phi) is 19.6. The van der Waals surface area contributed by atoms with E-state index in [0.717, 1.165) is 26.1 Å². The van der Waals surface area contributed by atoms with Crippen molar-refractivity contribution < 1.29 is 14.3 Å². The molecule has 186 valence electrons. The zero-order valence-electron chi connectivity index (χ0n) is 21.1. The Balaban J connectivity index is 1.70. The lowest BCUT2D eigenvalue weighted by Crippen LogP contribution is -2.22. The largest absolute Gasteiger partial charge is 0.381 e. The van der Waals surface area contributed by atoms with Crippen molar-refractivity contribution >= 4 is 11.8 Å². The van der Waals surface area contributed by atoms with E-state index in [2.05, 4.69) is 6.92 Å². The molecule has 0 aromatic carbocycles. The SMILES string of the molecule is CCCCCCCCCCCCOCCCCCCCCCCC=CN1C(=O)CCC1=O. The molecule has 0 aromatic rings. The van der Waals surface area contributed by atoms with Gasteiger partial charge in [0, 0.05) is 32.3 Å². The van der Waals surface area contributed by atoms with Crippen LogP contribution in [0, 0.1) is 0 Å². The van der Waals surface area contributed by atoms with Crippen molar-refractivity contribution in [1.82, 2.24) is 4.90 Å². The fourth-order valence-corrected chi connectivity index (χ4v) is 4.26. The van der Waals surface area contributed by atoms with E-state index >= 15 is 0 Å². The molecule has 0 aromatic heterocycles. The second-order valence-electron chi connectivity index (χ2n) is 9.45. The minimum absolute atomic E-state index is 0.0598. The highest BCUT2D eigenvalue weighted by molar-refractivity contribution is 6.02. The molecule has 2 amide bonds. The maximum absolute atomic E-state index is 11.5. The van der Waals surface area contributed by atoms with Crippen molar-refractivity contribution in [2.75, 3.05) is 13.2 Å². The molecule has 1 heterocycles. The van der Waals surface area contributed by atoms with E-state index in [1.807, 2.05) is 6.08 Å². The molecule has 4 nitrogen and oxygen atoms in total. The van der Waals surface area contributed by atoms with Gasteiger partial charge in [-0.05, 0) is 25.7 Å². The molecule has 0 spiro atoms. The summed E-state index contributed by atoms with van der Waals surface area (Å²) in [6.07, 6.45) is 29.3. The molecule has 0 saturated carbocycles. The van der Waals surface area contributed by atoms with Crippen LogP contribution in [0.15, 0.2) is 12.3 Å². The van der Waals surface area contributed by atoms with E-state index in [-0.39, 0.29) is 11.8 Å². The normalized spacial score (nSPS) is 14.3. The van der Waals surface area contributed by atoms with E-state index in [1.165, 1.54) is 114 Å². The first-order valence-corrected chi connectivity index (χ1v) is 13.8. The molecule has 0 unspecified atom stereocenters. The Hall–Kier alpha value is -1.16. The third kappa shape index (κ3) is 16.5. The Morgan fingerprint density at radius 1 is 0.625 bits per heavy atom. The fraction of sp³-hybridized carbons (Fsp3) is 0.857. The average molecular weight is 450 g/mol. The highest BCUT2D eigenvalue weighted by atomic mass is 16.5. The standard InChI is InChI=1S/C28H51NO3/c1-2-3-4-5-6-7-11-14-17-20-25-32-26-21-18-15-12-9-8-10-13-16-19-24-29-27(30)22-23-28(29)31/h19,24H,2-18,20-23,25-26H2,1H3. The number of likely N-dealkylation sites (tertiary alicyclic amines) is 1. The Morgan fingerprint density at radius 2 is 1.03 bits per heavy atom. The first-order valence-electron chi connectivity index (χ1n) is 13.8. The van der Waals surface area contributed by atoms with Crippen LogP contribution in [0.3, 0.4) is 0 Å². The molecule has 0 radical (unpaired) electrons. The number of hydrogen-bond donors (Lipinski definition) is 0. The van der Waals surface area contributed by atoms with E-state index < -0.39 is 0 Å². The van der Waals surface area contributed by atoms with Crippen LogP contribution in [0.4, 0.5) is 0 Å². The predicted octanol–water partition coefficient (Wildman–Crippen LogP) is 8.10. The average Bonchev–Trinajstić information content (AvgIpc) is 3.11. The number of imide groups is 1. The van der Waals surface area contributed by atoms with Gasteiger partial charge in [0.05, 0.1) is 0 Å². The van der Waals surface area contributed by atoms with Crippen LogP contribution in [-0.4, -0.2) is 29.9 Å². The highest BCUT2D eigenvalue weighted by Gasteiger charge is 2.26. The summed E-state index contributed by atoms with van der Waals surface area (Å²) in [5.74, 6) is -0.120. The van der Waals surface area contributed by atoms with Gasteiger partial charge in [0.15, 0.2) is 0 Å². The second kappa shape index (κ2) is 21.7. The van der Waals surface area contributed by atoms with E-state index in [0.29, 0.717) is 12.8 Å². The summed E-state index contributed by atoms with van der Waals surface area (Å²) in [5, 5.41) is 0. The lowest BCUT2D eigenvalue weighted by molar-refractivity contribution is -0.135. The van der Waals surface area contributed by atoms with Gasteiger partial charge < -0.3 is 4.74 Å². The number of carbonyl (C=O) groups is 2. The van der Waals surface area contributed by atoms with Crippen molar-refractivity contribution in [3.05, 3.63) is 12.3 Å². The molecule has 1 fully saturated rings. The first kappa shape index (κ1) is 28.9. The summed E-state index contributed by atoms with van der Waals surface area (Å²) >= 11 is 0. The molecule has 0 aliphatic carbocycles. The van der Waals surface area contributed by atoms with Gasteiger partial charge in [-0.1, -0.05) is 109 Å². The number of amides is 2. The number of nitrogens with zero attached hydrogens (tertiary/aromatic N) is 1. The Bertz CT molecular complexity index is 473. The third-order valence-electron chi connectivity index (χ3n) is 6.40. The molecule has 0 N–H and O–H groups in total. The molecule has 1 saturated heterocycles. The molecule has 1 aliphatic rings. The monoisotopic (exact) mass is 449 g/mol. The lowest BCUT2D eigenvalue weighted by Gasteiger charge is -2.06. The molecule has 0 bridgehead atoms. The van der Waals surface area contributed by atoms with Crippen molar-refractivity contribution in [3.8, 4) is 0 Å². The van der Waals surface area contributed by atoms with Crippen LogP contribution in [0.2, 0.25) is 0 Å². The molecular weight excluding hydrogens is 398 g/mol. The van der Waals surface area contributed by atoms with Crippen molar-refractivity contribution in [3.63, 3.8) is 0 Å². The molecule has 0 atom stereocenters. The second-order valence-corrected chi connectivity index (χ2v) is 9.45. The first-order chi connectivity index (χ1) is 15.8. The number of allylic oxidation sites excluding steroid dienone is 1. The van der Waals surface area contributed by atoms with Crippen LogP contribution in [0.5, 0.6) is 0 Å². The van der Waals surface area contributed by atoms with Crippen LogP contribution >= 0.6 is 0 Å². The quantitative estimate of drug-likeness (QED) is 0.117. The zero-order valence-corrected chi connectivity index (χ0v) is 21.1. The summed E-state index contributed by atoms with van der Waals surface area (Å²) in [6, 6.07) is 0. The van der Waals surface area contributed by atoms with E-state index in [1.54, 1.807) is 6.20 Å². The maximum Gasteiger partial charge on any atom is 0.233 e. The molecule has 4 heteroatoms. The third-order valence-corrected chi connectivity index (χ3v) is 6.40. The maximum atomic E-state index is 11.5. The van der Waals surface area contributed by atoms with Gasteiger partial charge in [-0.15, -0.1) is 0 Å². The van der Waals surface area contributed by atoms with Gasteiger partial charge in [0.25, 0.3) is 0 Å². The summed E-state index contributed by atoms with van der Waals surface area (Å²) < 4.78 is 5.79. The fourth-order valence-electron chi connectivity index (χ4n) is 4.26. The summed E-state index contributed by atoms with van der Waals surface area (Å²) in [5.41, 5.74) is 0. The minimum atomic E-state index is -0.0598. The Morgan fingerprint density at radius 3 is 1.50 bits per heavy atom. The van der Waals surface area contributed by atoms with E-state index in [4.69, 9.17) is 4.74 Å². The zero-order chi connectivity index (χ0) is 23.1.